The van der Waals surface area contributed by atoms with Crippen molar-refractivity contribution < 1.29 is 14.0 Å². The number of carbonyl (C=O) groups is 2. The van der Waals surface area contributed by atoms with Crippen molar-refractivity contribution in [2.75, 3.05) is 0 Å². The van der Waals surface area contributed by atoms with Crippen molar-refractivity contribution in [2.24, 2.45) is 0 Å². The minimum absolute atomic E-state index is 0.0320. The summed E-state index contributed by atoms with van der Waals surface area (Å²) in [5.74, 6) is 0.0320. The molecule has 4 heteroatoms. The molecule has 0 aromatic rings. The van der Waals surface area contributed by atoms with Crippen LogP contribution < -0.4 is 0 Å². The molecule has 0 aromatic carbocycles. The highest BCUT2D eigenvalue weighted by molar-refractivity contribution is 6.74. The maximum atomic E-state index is 11.2. The van der Waals surface area contributed by atoms with Crippen molar-refractivity contribution in [3.05, 3.63) is 0 Å². The lowest BCUT2D eigenvalue weighted by molar-refractivity contribution is -0.122. The standard InChI is InChI=1S/C14H28O3Si/c1-12(8-7-9-13(16)10-11-15)17-18(5,6)14(2,3)4/h11-12H,7-10H2,1-6H3/t12-/m1/s1. The van der Waals surface area contributed by atoms with E-state index >= 15 is 0 Å². The fraction of sp³-hybridized carbons (Fsp3) is 0.857. The predicted octanol–water partition coefficient (Wildman–Crippen LogP) is 3.73. The fourth-order valence-electron chi connectivity index (χ4n) is 1.52. The van der Waals surface area contributed by atoms with Gasteiger partial charge in [0.05, 0.1) is 6.42 Å². The first kappa shape index (κ1) is 17.5. The number of ketones is 1. The molecule has 0 bridgehead atoms. The maximum absolute atomic E-state index is 11.2. The third-order valence-corrected chi connectivity index (χ3v) is 8.28. The predicted molar refractivity (Wildman–Crippen MR) is 77.3 cm³/mol. The quantitative estimate of drug-likeness (QED) is 0.384. The summed E-state index contributed by atoms with van der Waals surface area (Å²) in [5, 5.41) is 0.217. The topological polar surface area (TPSA) is 43.4 Å². The van der Waals surface area contributed by atoms with Gasteiger partial charge in [0.15, 0.2) is 8.32 Å². The van der Waals surface area contributed by atoms with Crippen molar-refractivity contribution in [2.45, 2.75) is 77.6 Å². The van der Waals surface area contributed by atoms with E-state index in [0.29, 0.717) is 12.7 Å². The smallest absolute Gasteiger partial charge is 0.192 e. The van der Waals surface area contributed by atoms with Crippen LogP contribution in [-0.2, 0) is 14.0 Å². The summed E-state index contributed by atoms with van der Waals surface area (Å²) in [6.07, 6.45) is 3.11. The summed E-state index contributed by atoms with van der Waals surface area (Å²) in [5.41, 5.74) is 0. The van der Waals surface area contributed by atoms with Crippen molar-refractivity contribution in [1.29, 1.82) is 0 Å². The maximum Gasteiger partial charge on any atom is 0.192 e. The van der Waals surface area contributed by atoms with Gasteiger partial charge in [0, 0.05) is 12.5 Å². The molecule has 0 spiro atoms. The van der Waals surface area contributed by atoms with Gasteiger partial charge < -0.3 is 9.22 Å². The number of rotatable bonds is 8. The first-order chi connectivity index (χ1) is 8.10. The summed E-state index contributed by atoms with van der Waals surface area (Å²) < 4.78 is 6.20. The summed E-state index contributed by atoms with van der Waals surface area (Å²) in [6, 6.07) is 0. The SMILES string of the molecule is C[C@H](CCCC(=O)CC=O)O[Si](C)(C)C(C)(C)C. The number of hydrogen-bond donors (Lipinski definition) is 0. The average molecular weight is 272 g/mol. The molecule has 106 valence electrons. The zero-order valence-electron chi connectivity index (χ0n) is 12.7. The van der Waals surface area contributed by atoms with Gasteiger partial charge in [-0.05, 0) is 37.9 Å². The summed E-state index contributed by atoms with van der Waals surface area (Å²) in [4.78, 5) is 21.4. The minimum atomic E-state index is -1.70. The molecular formula is C14H28O3Si. The van der Waals surface area contributed by atoms with Crippen LogP contribution in [0.25, 0.3) is 0 Å². The number of carbonyl (C=O) groups excluding carboxylic acids is 2. The van der Waals surface area contributed by atoms with Gasteiger partial charge in [0.1, 0.15) is 12.1 Å². The van der Waals surface area contributed by atoms with E-state index in [0.717, 1.165) is 12.8 Å². The van der Waals surface area contributed by atoms with Gasteiger partial charge >= 0.3 is 0 Å². The van der Waals surface area contributed by atoms with E-state index in [1.807, 2.05) is 0 Å². The van der Waals surface area contributed by atoms with Crippen LogP contribution in [0.1, 0.15) is 53.4 Å². The van der Waals surface area contributed by atoms with Gasteiger partial charge in [-0.15, -0.1) is 0 Å². The summed E-state index contributed by atoms with van der Waals surface area (Å²) in [6.45, 7) is 13.2. The molecule has 0 aromatic heterocycles. The number of aldehydes is 1. The van der Waals surface area contributed by atoms with Crippen LogP contribution in [0.5, 0.6) is 0 Å². The molecule has 0 unspecified atom stereocenters. The molecule has 0 amide bonds. The monoisotopic (exact) mass is 272 g/mol. The van der Waals surface area contributed by atoms with Crippen molar-refractivity contribution in [3.63, 3.8) is 0 Å². The van der Waals surface area contributed by atoms with E-state index in [-0.39, 0.29) is 23.3 Å². The van der Waals surface area contributed by atoms with Crippen LogP contribution in [0.4, 0.5) is 0 Å². The zero-order chi connectivity index (χ0) is 14.4. The van der Waals surface area contributed by atoms with Crippen LogP contribution in [0.3, 0.4) is 0 Å². The third-order valence-electron chi connectivity index (χ3n) is 3.68. The molecule has 0 aliphatic heterocycles. The second-order valence-corrected chi connectivity index (χ2v) is 11.2. The molecule has 0 saturated heterocycles. The molecule has 0 rings (SSSR count). The van der Waals surface area contributed by atoms with Gasteiger partial charge in [0.2, 0.25) is 0 Å². The number of hydrogen-bond acceptors (Lipinski definition) is 3. The lowest BCUT2D eigenvalue weighted by atomic mass is 10.1. The Balaban J connectivity index is 4.02. The third kappa shape index (κ3) is 6.45. The van der Waals surface area contributed by atoms with Crippen LogP contribution in [0, 0.1) is 0 Å². The van der Waals surface area contributed by atoms with Crippen LogP contribution in [0.15, 0.2) is 0 Å². The van der Waals surface area contributed by atoms with Gasteiger partial charge in [-0.25, -0.2) is 0 Å². The second kappa shape index (κ2) is 7.19. The largest absolute Gasteiger partial charge is 0.414 e. The van der Waals surface area contributed by atoms with Crippen LogP contribution in [0.2, 0.25) is 18.1 Å². The molecule has 18 heavy (non-hydrogen) atoms. The van der Waals surface area contributed by atoms with E-state index in [9.17, 15) is 9.59 Å². The molecule has 0 fully saturated rings. The Kier molecular flexibility index (Phi) is 7.00. The molecule has 0 heterocycles. The fourth-order valence-corrected chi connectivity index (χ4v) is 3.00. The van der Waals surface area contributed by atoms with Gasteiger partial charge in [-0.1, -0.05) is 20.8 Å². The highest BCUT2D eigenvalue weighted by Crippen LogP contribution is 2.37. The van der Waals surface area contributed by atoms with Gasteiger partial charge in [-0.2, -0.15) is 0 Å². The minimum Gasteiger partial charge on any atom is -0.414 e. The Labute approximate surface area is 112 Å². The molecule has 0 saturated carbocycles. The Morgan fingerprint density at radius 3 is 2.33 bits per heavy atom. The zero-order valence-corrected chi connectivity index (χ0v) is 13.7. The van der Waals surface area contributed by atoms with E-state index in [1.54, 1.807) is 0 Å². The van der Waals surface area contributed by atoms with Crippen LogP contribution >= 0.6 is 0 Å². The lowest BCUT2D eigenvalue weighted by Gasteiger charge is -2.38. The molecule has 1 atom stereocenters. The normalized spacial score (nSPS) is 14.3. The second-order valence-electron chi connectivity index (χ2n) is 6.49. The Morgan fingerprint density at radius 1 is 1.33 bits per heavy atom. The van der Waals surface area contributed by atoms with E-state index < -0.39 is 8.32 Å². The van der Waals surface area contributed by atoms with E-state index in [1.165, 1.54) is 0 Å². The Hall–Kier alpha value is -0.483. The van der Waals surface area contributed by atoms with Gasteiger partial charge in [0.25, 0.3) is 0 Å². The first-order valence-corrected chi connectivity index (χ1v) is 9.64. The van der Waals surface area contributed by atoms with Crippen molar-refractivity contribution in [1.82, 2.24) is 0 Å². The number of Topliss-reactive ketones (excluding diaryl/α,β-unsaturated/α-hetero) is 1. The first-order valence-electron chi connectivity index (χ1n) is 6.73. The molecule has 3 nitrogen and oxygen atoms in total. The average Bonchev–Trinajstić information content (AvgIpc) is 2.15. The Bertz CT molecular complexity index is 279. The highest BCUT2D eigenvalue weighted by atomic mass is 28.4. The van der Waals surface area contributed by atoms with Crippen LogP contribution in [-0.4, -0.2) is 26.5 Å². The molecule has 0 radical (unpaired) electrons. The molecule has 0 aliphatic rings. The molecule has 0 N–H and O–H groups in total. The molecular weight excluding hydrogens is 244 g/mol. The van der Waals surface area contributed by atoms with E-state index in [2.05, 4.69) is 40.8 Å². The van der Waals surface area contributed by atoms with Crippen molar-refractivity contribution in [3.8, 4) is 0 Å². The lowest BCUT2D eigenvalue weighted by Crippen LogP contribution is -2.43. The molecule has 0 aliphatic carbocycles. The summed E-state index contributed by atoms with van der Waals surface area (Å²) in [7, 11) is -1.70. The van der Waals surface area contributed by atoms with Gasteiger partial charge in [-0.3, -0.25) is 4.79 Å². The highest BCUT2D eigenvalue weighted by Gasteiger charge is 2.38. The summed E-state index contributed by atoms with van der Waals surface area (Å²) >= 11 is 0. The van der Waals surface area contributed by atoms with Crippen molar-refractivity contribution >= 4 is 20.4 Å². The van der Waals surface area contributed by atoms with E-state index in [4.69, 9.17) is 4.43 Å². The Morgan fingerprint density at radius 2 is 1.89 bits per heavy atom.